The van der Waals surface area contributed by atoms with E-state index in [4.69, 9.17) is 0 Å². The van der Waals surface area contributed by atoms with Crippen LogP contribution >= 0.6 is 11.8 Å². The predicted octanol–water partition coefficient (Wildman–Crippen LogP) is 2.38. The third kappa shape index (κ3) is 3.11. The minimum atomic E-state index is 0.626. The molecule has 1 aliphatic rings. The van der Waals surface area contributed by atoms with Gasteiger partial charge in [0.05, 0.1) is 12.2 Å². The Labute approximate surface area is 129 Å². The van der Waals surface area contributed by atoms with Crippen LogP contribution in [0.4, 0.5) is 0 Å². The average molecular weight is 303 g/mol. The molecule has 1 heterocycles. The lowest BCUT2D eigenvalue weighted by Gasteiger charge is -2.28. The highest BCUT2D eigenvalue weighted by atomic mass is 32.2. The van der Waals surface area contributed by atoms with Gasteiger partial charge < -0.3 is 0 Å². The summed E-state index contributed by atoms with van der Waals surface area (Å²) in [4.78, 5) is 2.40. The number of para-hydroxylation sites is 1. The van der Waals surface area contributed by atoms with Gasteiger partial charge >= 0.3 is 0 Å². The van der Waals surface area contributed by atoms with E-state index in [1.165, 1.54) is 19.3 Å². The van der Waals surface area contributed by atoms with E-state index in [9.17, 15) is 0 Å². The Balaban J connectivity index is 1.75. The molecule has 0 aliphatic heterocycles. The minimum Gasteiger partial charge on any atom is -0.295 e. The summed E-state index contributed by atoms with van der Waals surface area (Å²) in [5.41, 5.74) is 1.01. The third-order valence-corrected chi connectivity index (χ3v) is 5.37. The molecule has 1 aliphatic carbocycles. The van der Waals surface area contributed by atoms with Crippen LogP contribution < -0.4 is 0 Å². The SMILES string of the molecule is CS[C@H]1CCC[C@@H]1N(C)Cc1nnnn1-c1ccccc1. The zero-order chi connectivity index (χ0) is 14.7. The second-order valence-electron chi connectivity index (χ2n) is 5.53. The molecule has 0 bridgehead atoms. The van der Waals surface area contributed by atoms with Crippen molar-refractivity contribution in [2.24, 2.45) is 0 Å². The fourth-order valence-corrected chi connectivity index (χ4v) is 4.16. The fraction of sp³-hybridized carbons (Fsp3) is 0.533. The van der Waals surface area contributed by atoms with Crippen LogP contribution in [-0.4, -0.2) is 49.7 Å². The van der Waals surface area contributed by atoms with E-state index in [2.05, 4.69) is 33.7 Å². The Bertz CT molecular complexity index is 570. The summed E-state index contributed by atoms with van der Waals surface area (Å²) < 4.78 is 1.83. The van der Waals surface area contributed by atoms with Gasteiger partial charge in [-0.15, -0.1) is 5.10 Å². The van der Waals surface area contributed by atoms with Crippen molar-refractivity contribution in [3.05, 3.63) is 36.2 Å². The maximum absolute atomic E-state index is 4.21. The summed E-state index contributed by atoms with van der Waals surface area (Å²) in [6, 6.07) is 10.7. The molecule has 1 aromatic carbocycles. The lowest BCUT2D eigenvalue weighted by atomic mass is 10.2. The molecule has 0 saturated heterocycles. The van der Waals surface area contributed by atoms with Crippen molar-refractivity contribution in [1.29, 1.82) is 0 Å². The van der Waals surface area contributed by atoms with Gasteiger partial charge in [0.25, 0.3) is 0 Å². The molecule has 2 aromatic rings. The van der Waals surface area contributed by atoms with Gasteiger partial charge in [0.15, 0.2) is 5.82 Å². The van der Waals surface area contributed by atoms with Crippen molar-refractivity contribution >= 4 is 11.8 Å². The van der Waals surface area contributed by atoms with Crippen molar-refractivity contribution in [2.75, 3.05) is 13.3 Å². The number of aromatic nitrogens is 4. The van der Waals surface area contributed by atoms with Crippen LogP contribution in [-0.2, 0) is 6.54 Å². The first-order valence-corrected chi connectivity index (χ1v) is 8.64. The molecule has 0 amide bonds. The molecule has 0 unspecified atom stereocenters. The topological polar surface area (TPSA) is 46.8 Å². The van der Waals surface area contributed by atoms with Gasteiger partial charge in [0, 0.05) is 11.3 Å². The number of benzene rings is 1. The smallest absolute Gasteiger partial charge is 0.170 e. The first-order valence-electron chi connectivity index (χ1n) is 7.35. The van der Waals surface area contributed by atoms with Gasteiger partial charge in [-0.1, -0.05) is 24.6 Å². The largest absolute Gasteiger partial charge is 0.295 e. The monoisotopic (exact) mass is 303 g/mol. The highest BCUT2D eigenvalue weighted by Crippen LogP contribution is 2.32. The Morgan fingerprint density at radius 1 is 1.29 bits per heavy atom. The van der Waals surface area contributed by atoms with Gasteiger partial charge in [0.1, 0.15) is 0 Å². The second-order valence-corrected chi connectivity index (χ2v) is 6.61. The molecular weight excluding hydrogens is 282 g/mol. The molecule has 1 saturated carbocycles. The highest BCUT2D eigenvalue weighted by molar-refractivity contribution is 7.99. The molecule has 5 nitrogen and oxygen atoms in total. The number of hydrogen-bond donors (Lipinski definition) is 0. The quantitative estimate of drug-likeness (QED) is 0.848. The summed E-state index contributed by atoms with van der Waals surface area (Å²) in [7, 11) is 2.18. The van der Waals surface area contributed by atoms with E-state index in [-0.39, 0.29) is 0 Å². The standard InChI is InChI=1S/C15H21N5S/c1-19(13-9-6-10-14(13)21-2)11-15-16-17-18-20(15)12-7-4-3-5-8-12/h3-5,7-8,13-14H,6,9-11H2,1-2H3/t13-,14-/m0/s1. The molecule has 112 valence electrons. The number of rotatable bonds is 5. The van der Waals surface area contributed by atoms with Gasteiger partial charge in [0.2, 0.25) is 0 Å². The van der Waals surface area contributed by atoms with Crippen LogP contribution in [0.2, 0.25) is 0 Å². The van der Waals surface area contributed by atoms with E-state index in [0.717, 1.165) is 23.3 Å². The van der Waals surface area contributed by atoms with Crippen molar-refractivity contribution < 1.29 is 0 Å². The normalized spacial score (nSPS) is 22.0. The zero-order valence-corrected chi connectivity index (χ0v) is 13.3. The molecule has 0 radical (unpaired) electrons. The Morgan fingerprint density at radius 2 is 2.10 bits per heavy atom. The van der Waals surface area contributed by atoms with E-state index in [1.54, 1.807) is 0 Å². The van der Waals surface area contributed by atoms with Crippen LogP contribution in [0.5, 0.6) is 0 Å². The van der Waals surface area contributed by atoms with Crippen LogP contribution in [0.25, 0.3) is 5.69 Å². The summed E-state index contributed by atoms with van der Waals surface area (Å²) in [5.74, 6) is 0.899. The minimum absolute atomic E-state index is 0.626. The van der Waals surface area contributed by atoms with Crippen LogP contribution in [0.3, 0.4) is 0 Å². The van der Waals surface area contributed by atoms with Crippen molar-refractivity contribution in [1.82, 2.24) is 25.1 Å². The molecule has 1 aromatic heterocycles. The van der Waals surface area contributed by atoms with Gasteiger partial charge in [-0.05, 0) is 48.7 Å². The summed E-state index contributed by atoms with van der Waals surface area (Å²) in [5, 5.41) is 12.9. The molecule has 21 heavy (non-hydrogen) atoms. The van der Waals surface area contributed by atoms with E-state index < -0.39 is 0 Å². The highest BCUT2D eigenvalue weighted by Gasteiger charge is 2.30. The summed E-state index contributed by atoms with van der Waals surface area (Å²) in [6.45, 7) is 0.781. The van der Waals surface area contributed by atoms with Crippen molar-refractivity contribution in [2.45, 2.75) is 37.1 Å². The number of hydrogen-bond acceptors (Lipinski definition) is 5. The van der Waals surface area contributed by atoms with Crippen LogP contribution in [0, 0.1) is 0 Å². The third-order valence-electron chi connectivity index (χ3n) is 4.21. The molecule has 0 spiro atoms. The second kappa shape index (κ2) is 6.58. The molecular formula is C15H21N5S. The van der Waals surface area contributed by atoms with E-state index in [1.807, 2.05) is 46.8 Å². The van der Waals surface area contributed by atoms with Crippen molar-refractivity contribution in [3.8, 4) is 5.69 Å². The number of tetrazole rings is 1. The van der Waals surface area contributed by atoms with Crippen molar-refractivity contribution in [3.63, 3.8) is 0 Å². The summed E-state index contributed by atoms with van der Waals surface area (Å²) >= 11 is 1.98. The Hall–Kier alpha value is -1.40. The van der Waals surface area contributed by atoms with Gasteiger partial charge in [-0.3, -0.25) is 4.90 Å². The molecule has 0 N–H and O–H groups in total. The lowest BCUT2D eigenvalue weighted by Crippen LogP contribution is -2.36. The maximum Gasteiger partial charge on any atom is 0.170 e. The predicted molar refractivity (Wildman–Crippen MR) is 85.6 cm³/mol. The maximum atomic E-state index is 4.21. The molecule has 3 rings (SSSR count). The van der Waals surface area contributed by atoms with E-state index in [0.29, 0.717) is 6.04 Å². The Morgan fingerprint density at radius 3 is 2.86 bits per heavy atom. The van der Waals surface area contributed by atoms with Crippen LogP contribution in [0.15, 0.2) is 30.3 Å². The molecule has 1 fully saturated rings. The number of nitrogens with zero attached hydrogens (tertiary/aromatic N) is 5. The lowest BCUT2D eigenvalue weighted by molar-refractivity contribution is 0.234. The van der Waals surface area contributed by atoms with Gasteiger partial charge in [-0.2, -0.15) is 16.4 Å². The number of thioether (sulfide) groups is 1. The summed E-state index contributed by atoms with van der Waals surface area (Å²) in [6.07, 6.45) is 6.13. The fourth-order valence-electron chi connectivity index (χ4n) is 3.10. The molecule has 6 heteroatoms. The molecule has 2 atom stereocenters. The van der Waals surface area contributed by atoms with E-state index >= 15 is 0 Å². The average Bonchev–Trinajstić information content (AvgIpc) is 3.16. The Kier molecular flexibility index (Phi) is 4.55. The first kappa shape index (κ1) is 14.5. The first-order chi connectivity index (χ1) is 10.3. The van der Waals surface area contributed by atoms with Crippen LogP contribution in [0.1, 0.15) is 25.1 Å². The zero-order valence-electron chi connectivity index (χ0n) is 12.5. The van der Waals surface area contributed by atoms with Gasteiger partial charge in [-0.25, -0.2) is 0 Å².